The van der Waals surface area contributed by atoms with Gasteiger partial charge in [0.1, 0.15) is 0 Å². The van der Waals surface area contributed by atoms with Crippen LogP contribution in [0.15, 0.2) is 0 Å². The largest absolute Gasteiger partial charge is 2.00 e. The molecule has 2 fully saturated rings. The quantitative estimate of drug-likeness (QED) is 0.476. The van der Waals surface area contributed by atoms with E-state index in [0.29, 0.717) is 0 Å². The van der Waals surface area contributed by atoms with Crippen LogP contribution in [0.3, 0.4) is 0 Å². The minimum atomic E-state index is 0. The molecule has 0 aromatic carbocycles. The minimum absolute atomic E-state index is 0. The first-order valence-corrected chi connectivity index (χ1v) is 10.0. The monoisotopic (exact) mass is 368 g/mol. The molecule has 0 aromatic heterocycles. The summed E-state index contributed by atoms with van der Waals surface area (Å²) in [5, 5.41) is 20.3. The number of hydrogen-bond donors (Lipinski definition) is 0. The van der Waals surface area contributed by atoms with Crippen LogP contribution in [-0.4, -0.2) is 13.2 Å². The molecule has 0 aromatic rings. The van der Waals surface area contributed by atoms with E-state index in [4.69, 9.17) is 0 Å². The van der Waals surface area contributed by atoms with Crippen LogP contribution in [0, 0.1) is 11.8 Å². The van der Waals surface area contributed by atoms with Gasteiger partial charge in [-0.05, 0) is 11.8 Å². The molecule has 0 aliphatic heterocycles. The third kappa shape index (κ3) is 13.4. The SMILES string of the molecule is [Ni+2].[O-]CCCCC1CCCCC1.[O-]CCCCC1CCCCC1. The van der Waals surface area contributed by atoms with Gasteiger partial charge in [0, 0.05) is 0 Å². The van der Waals surface area contributed by atoms with E-state index in [1.165, 1.54) is 89.9 Å². The Morgan fingerprint density at radius 2 is 0.870 bits per heavy atom. The van der Waals surface area contributed by atoms with Gasteiger partial charge in [-0.3, -0.25) is 0 Å². The molecule has 2 nitrogen and oxygen atoms in total. The van der Waals surface area contributed by atoms with Gasteiger partial charge in [0.15, 0.2) is 0 Å². The third-order valence-corrected chi connectivity index (χ3v) is 5.46. The molecule has 2 aliphatic rings. The molecule has 0 amide bonds. The topological polar surface area (TPSA) is 46.1 Å². The van der Waals surface area contributed by atoms with Crippen molar-refractivity contribution in [2.24, 2.45) is 11.8 Å². The van der Waals surface area contributed by atoms with E-state index in [0.717, 1.165) is 24.7 Å². The van der Waals surface area contributed by atoms with Crippen LogP contribution in [0.1, 0.15) is 103 Å². The van der Waals surface area contributed by atoms with Crippen LogP contribution in [-0.2, 0) is 16.5 Å². The van der Waals surface area contributed by atoms with Crippen molar-refractivity contribution in [3.8, 4) is 0 Å². The summed E-state index contributed by atoms with van der Waals surface area (Å²) in [6.45, 7) is 0.263. The number of hydrogen-bond acceptors (Lipinski definition) is 2. The molecule has 140 valence electrons. The molecule has 3 heteroatoms. The second-order valence-electron chi connectivity index (χ2n) is 7.41. The summed E-state index contributed by atoms with van der Waals surface area (Å²) >= 11 is 0. The van der Waals surface area contributed by atoms with Gasteiger partial charge in [-0.2, -0.15) is 0 Å². The molecule has 0 unspecified atom stereocenters. The zero-order valence-corrected chi connectivity index (χ0v) is 16.0. The van der Waals surface area contributed by atoms with Crippen molar-refractivity contribution in [3.63, 3.8) is 0 Å². The van der Waals surface area contributed by atoms with Crippen molar-refractivity contribution in [2.45, 2.75) is 103 Å². The molecule has 2 saturated carbocycles. The Hall–Kier alpha value is 0.414. The molecule has 23 heavy (non-hydrogen) atoms. The fraction of sp³-hybridized carbons (Fsp3) is 1.00. The Morgan fingerprint density at radius 3 is 1.17 bits per heavy atom. The van der Waals surface area contributed by atoms with Gasteiger partial charge in [0.25, 0.3) is 0 Å². The summed E-state index contributed by atoms with van der Waals surface area (Å²) in [6, 6.07) is 0. The van der Waals surface area contributed by atoms with E-state index < -0.39 is 0 Å². The fourth-order valence-electron chi connectivity index (χ4n) is 4.02. The zero-order valence-electron chi connectivity index (χ0n) is 15.0. The first-order valence-electron chi connectivity index (χ1n) is 10.0. The minimum Gasteiger partial charge on any atom is -0.854 e. The maximum absolute atomic E-state index is 10.2. The molecule has 0 N–H and O–H groups in total. The van der Waals surface area contributed by atoms with Crippen LogP contribution in [0.25, 0.3) is 0 Å². The summed E-state index contributed by atoms with van der Waals surface area (Å²) in [6.07, 6.45) is 21.1. The Kier molecular flexibility index (Phi) is 17.6. The normalized spacial score (nSPS) is 19.6. The Morgan fingerprint density at radius 1 is 0.522 bits per heavy atom. The molecule has 0 saturated heterocycles. The Bertz CT molecular complexity index is 200. The van der Waals surface area contributed by atoms with Crippen molar-refractivity contribution in [2.75, 3.05) is 13.2 Å². The van der Waals surface area contributed by atoms with Gasteiger partial charge in [0.05, 0.1) is 0 Å². The second kappa shape index (κ2) is 17.2. The average Bonchev–Trinajstić information content (AvgIpc) is 2.58. The molecule has 0 bridgehead atoms. The zero-order chi connectivity index (χ0) is 15.9. The first kappa shape index (κ1) is 23.4. The van der Waals surface area contributed by atoms with Crippen molar-refractivity contribution in [3.05, 3.63) is 0 Å². The molecule has 2 rings (SSSR count). The second-order valence-corrected chi connectivity index (χ2v) is 7.41. The van der Waals surface area contributed by atoms with E-state index in [2.05, 4.69) is 0 Å². The van der Waals surface area contributed by atoms with Crippen molar-refractivity contribution in [1.29, 1.82) is 0 Å². The van der Waals surface area contributed by atoms with Crippen molar-refractivity contribution >= 4 is 0 Å². The molecule has 0 atom stereocenters. The van der Waals surface area contributed by atoms with E-state index >= 15 is 0 Å². The van der Waals surface area contributed by atoms with Crippen molar-refractivity contribution < 1.29 is 26.7 Å². The average molecular weight is 369 g/mol. The molecule has 2 aliphatic carbocycles. The van der Waals surface area contributed by atoms with Crippen LogP contribution in [0.4, 0.5) is 0 Å². The van der Waals surface area contributed by atoms with E-state index in [1.807, 2.05) is 0 Å². The van der Waals surface area contributed by atoms with E-state index in [-0.39, 0.29) is 29.7 Å². The van der Waals surface area contributed by atoms with Gasteiger partial charge in [0.2, 0.25) is 0 Å². The maximum atomic E-state index is 10.2. The molecule has 0 radical (unpaired) electrons. The fourth-order valence-corrected chi connectivity index (χ4v) is 4.02. The number of unbranched alkanes of at least 4 members (excludes halogenated alkanes) is 2. The standard InChI is InChI=1S/2C10H19O.Ni/c2*11-9-5-4-8-10-6-2-1-3-7-10;/h2*10H,1-9H2;/q2*-1;+2. The van der Waals surface area contributed by atoms with Gasteiger partial charge in [-0.1, -0.05) is 103 Å². The predicted octanol–water partition coefficient (Wildman–Crippen LogP) is 4.19. The smallest absolute Gasteiger partial charge is 0.854 e. The van der Waals surface area contributed by atoms with Crippen LogP contribution in [0.2, 0.25) is 0 Å². The van der Waals surface area contributed by atoms with Crippen LogP contribution < -0.4 is 10.2 Å². The number of rotatable bonds is 8. The molecule has 0 spiro atoms. The van der Waals surface area contributed by atoms with Crippen LogP contribution in [0.5, 0.6) is 0 Å². The Balaban J connectivity index is 0.000000403. The molecular weight excluding hydrogens is 331 g/mol. The van der Waals surface area contributed by atoms with Gasteiger partial charge in [-0.15, -0.1) is 13.2 Å². The summed E-state index contributed by atoms with van der Waals surface area (Å²) < 4.78 is 0. The molecular formula is C20H38NiO2. The summed E-state index contributed by atoms with van der Waals surface area (Å²) in [7, 11) is 0. The van der Waals surface area contributed by atoms with Crippen LogP contribution >= 0.6 is 0 Å². The summed E-state index contributed by atoms with van der Waals surface area (Å²) in [5.41, 5.74) is 0. The summed E-state index contributed by atoms with van der Waals surface area (Å²) in [4.78, 5) is 0. The Labute approximate surface area is 154 Å². The molecule has 0 heterocycles. The van der Waals surface area contributed by atoms with E-state index in [1.54, 1.807) is 0 Å². The first-order chi connectivity index (χ1) is 10.9. The van der Waals surface area contributed by atoms with E-state index in [9.17, 15) is 10.2 Å². The predicted molar refractivity (Wildman–Crippen MR) is 90.6 cm³/mol. The third-order valence-electron chi connectivity index (χ3n) is 5.46. The van der Waals surface area contributed by atoms with Crippen molar-refractivity contribution in [1.82, 2.24) is 0 Å². The van der Waals surface area contributed by atoms with Gasteiger partial charge in [-0.25, -0.2) is 0 Å². The van der Waals surface area contributed by atoms with Gasteiger partial charge < -0.3 is 10.2 Å². The maximum Gasteiger partial charge on any atom is 2.00 e. The van der Waals surface area contributed by atoms with Gasteiger partial charge >= 0.3 is 16.5 Å². The summed E-state index contributed by atoms with van der Waals surface area (Å²) in [5.74, 6) is 1.94.